The summed E-state index contributed by atoms with van der Waals surface area (Å²) in [6.45, 7) is 1.25. The van der Waals surface area contributed by atoms with E-state index in [4.69, 9.17) is 10.5 Å². The van der Waals surface area contributed by atoms with Crippen molar-refractivity contribution in [2.75, 3.05) is 19.7 Å². The van der Waals surface area contributed by atoms with Crippen LogP contribution in [0.3, 0.4) is 0 Å². The molecule has 1 aliphatic heterocycles. The quantitative estimate of drug-likeness (QED) is 0.700. The lowest BCUT2D eigenvalue weighted by Crippen LogP contribution is -2.53. The number of nitrogens with one attached hydrogen (secondary N) is 1. The number of aliphatic carboxylic acids is 1. The smallest absolute Gasteiger partial charge is 0.328 e. The van der Waals surface area contributed by atoms with Crippen molar-refractivity contribution in [2.24, 2.45) is 5.73 Å². The number of hydrogen-bond acceptors (Lipinski definition) is 4. The van der Waals surface area contributed by atoms with E-state index in [0.29, 0.717) is 37.4 Å². The van der Waals surface area contributed by atoms with Crippen LogP contribution in [0, 0.1) is 0 Å². The number of fused-ring (bicyclic) bond motifs is 1. The van der Waals surface area contributed by atoms with E-state index >= 15 is 0 Å². The summed E-state index contributed by atoms with van der Waals surface area (Å²) >= 11 is 0. The highest BCUT2D eigenvalue weighted by molar-refractivity contribution is 5.82. The number of ether oxygens (including phenoxy) is 1. The van der Waals surface area contributed by atoms with Crippen LogP contribution in [0.4, 0.5) is 0 Å². The molecular weight excluding hydrogens is 220 g/mol. The molecular formula is C12H16N2O3. The number of carboxylic acids is 1. The average molecular weight is 236 g/mol. The number of hydrogen-bond donors (Lipinski definition) is 3. The lowest BCUT2D eigenvalue weighted by atomic mass is 9.84. The van der Waals surface area contributed by atoms with Gasteiger partial charge in [0, 0.05) is 25.1 Å². The molecule has 0 saturated carbocycles. The lowest BCUT2D eigenvalue weighted by Gasteiger charge is -2.36. The molecule has 0 bridgehead atoms. The largest absolute Gasteiger partial charge is 0.493 e. The van der Waals surface area contributed by atoms with Gasteiger partial charge in [-0.05, 0) is 6.07 Å². The topological polar surface area (TPSA) is 84.6 Å². The SMILES string of the molecule is NCCNC1(C(=O)O)CCOc2ccccc21. The fourth-order valence-electron chi connectivity index (χ4n) is 2.16. The zero-order valence-corrected chi connectivity index (χ0v) is 9.48. The van der Waals surface area contributed by atoms with Crippen molar-refractivity contribution in [1.29, 1.82) is 0 Å². The Morgan fingerprint density at radius 2 is 2.29 bits per heavy atom. The highest BCUT2D eigenvalue weighted by Crippen LogP contribution is 2.36. The van der Waals surface area contributed by atoms with Gasteiger partial charge < -0.3 is 15.6 Å². The molecule has 0 amide bonds. The number of carboxylic acid groups (broad SMARTS) is 1. The van der Waals surface area contributed by atoms with Gasteiger partial charge in [0.1, 0.15) is 11.3 Å². The summed E-state index contributed by atoms with van der Waals surface area (Å²) in [6.07, 6.45) is 0.402. The molecule has 1 aromatic rings. The molecule has 1 aromatic carbocycles. The predicted octanol–water partition coefficient (Wildman–Crippen LogP) is 0.297. The van der Waals surface area contributed by atoms with E-state index in [2.05, 4.69) is 5.32 Å². The van der Waals surface area contributed by atoms with Gasteiger partial charge in [0.25, 0.3) is 0 Å². The van der Waals surface area contributed by atoms with Crippen LogP contribution in [0.25, 0.3) is 0 Å². The number of benzene rings is 1. The van der Waals surface area contributed by atoms with Crippen molar-refractivity contribution in [2.45, 2.75) is 12.0 Å². The lowest BCUT2D eigenvalue weighted by molar-refractivity contribution is -0.146. The van der Waals surface area contributed by atoms with Crippen LogP contribution in [0.2, 0.25) is 0 Å². The Morgan fingerprint density at radius 3 is 3.00 bits per heavy atom. The second-order valence-corrected chi connectivity index (χ2v) is 4.02. The van der Waals surface area contributed by atoms with Gasteiger partial charge in [-0.3, -0.25) is 5.32 Å². The number of carbonyl (C=O) groups is 1. The van der Waals surface area contributed by atoms with Gasteiger partial charge in [-0.1, -0.05) is 18.2 Å². The fraction of sp³-hybridized carbons (Fsp3) is 0.417. The van der Waals surface area contributed by atoms with E-state index < -0.39 is 11.5 Å². The highest BCUT2D eigenvalue weighted by Gasteiger charge is 2.44. The van der Waals surface area contributed by atoms with E-state index in [-0.39, 0.29) is 0 Å². The highest BCUT2D eigenvalue weighted by atomic mass is 16.5. The summed E-state index contributed by atoms with van der Waals surface area (Å²) in [4.78, 5) is 11.6. The molecule has 1 aliphatic rings. The molecule has 0 radical (unpaired) electrons. The zero-order chi connectivity index (χ0) is 12.3. The van der Waals surface area contributed by atoms with E-state index in [1.807, 2.05) is 12.1 Å². The van der Waals surface area contributed by atoms with Crippen LogP contribution in [0.1, 0.15) is 12.0 Å². The first-order valence-electron chi connectivity index (χ1n) is 5.61. The molecule has 5 nitrogen and oxygen atoms in total. The normalized spacial score (nSPS) is 22.6. The predicted molar refractivity (Wildman–Crippen MR) is 62.9 cm³/mol. The van der Waals surface area contributed by atoms with Gasteiger partial charge in [0.15, 0.2) is 0 Å². The zero-order valence-electron chi connectivity index (χ0n) is 9.48. The van der Waals surface area contributed by atoms with Crippen LogP contribution < -0.4 is 15.8 Å². The standard InChI is InChI=1S/C12H16N2O3/c13-6-7-14-12(11(15)16)5-8-17-10-4-2-1-3-9(10)12/h1-4,14H,5-8,13H2,(H,15,16). The molecule has 5 heteroatoms. The third-order valence-electron chi connectivity index (χ3n) is 3.02. The Labute approximate surface area is 99.6 Å². The van der Waals surface area contributed by atoms with Gasteiger partial charge in [-0.2, -0.15) is 0 Å². The van der Waals surface area contributed by atoms with E-state index in [0.717, 1.165) is 0 Å². The van der Waals surface area contributed by atoms with E-state index in [9.17, 15) is 9.90 Å². The third-order valence-corrected chi connectivity index (χ3v) is 3.02. The molecule has 92 valence electrons. The summed E-state index contributed by atoms with van der Waals surface area (Å²) in [5.41, 5.74) is 5.04. The summed E-state index contributed by atoms with van der Waals surface area (Å²) in [5, 5.41) is 12.5. The maximum absolute atomic E-state index is 11.6. The average Bonchev–Trinajstić information content (AvgIpc) is 2.36. The first-order valence-corrected chi connectivity index (χ1v) is 5.61. The van der Waals surface area contributed by atoms with Crippen LogP contribution in [0.15, 0.2) is 24.3 Å². The first kappa shape index (κ1) is 11.9. The van der Waals surface area contributed by atoms with Crippen molar-refractivity contribution in [3.05, 3.63) is 29.8 Å². The molecule has 1 heterocycles. The van der Waals surface area contributed by atoms with E-state index in [1.165, 1.54) is 0 Å². The van der Waals surface area contributed by atoms with Crippen molar-refractivity contribution < 1.29 is 14.6 Å². The van der Waals surface area contributed by atoms with Crippen molar-refractivity contribution in [3.8, 4) is 5.75 Å². The molecule has 2 rings (SSSR count). The van der Waals surface area contributed by atoms with Crippen LogP contribution >= 0.6 is 0 Å². The minimum Gasteiger partial charge on any atom is -0.493 e. The van der Waals surface area contributed by atoms with Crippen LogP contribution in [0.5, 0.6) is 5.75 Å². The Balaban J connectivity index is 2.43. The van der Waals surface area contributed by atoms with Crippen molar-refractivity contribution in [3.63, 3.8) is 0 Å². The van der Waals surface area contributed by atoms with Crippen molar-refractivity contribution >= 4 is 5.97 Å². The second-order valence-electron chi connectivity index (χ2n) is 4.02. The first-order chi connectivity index (χ1) is 8.20. The van der Waals surface area contributed by atoms with Gasteiger partial charge in [-0.15, -0.1) is 0 Å². The van der Waals surface area contributed by atoms with Crippen LogP contribution in [-0.4, -0.2) is 30.8 Å². The summed E-state index contributed by atoms with van der Waals surface area (Å²) in [7, 11) is 0. The minimum atomic E-state index is -1.08. The molecule has 0 fully saturated rings. The summed E-state index contributed by atoms with van der Waals surface area (Å²) in [6, 6.07) is 7.22. The minimum absolute atomic E-state index is 0.390. The molecule has 1 atom stereocenters. The molecule has 1 unspecified atom stereocenters. The Morgan fingerprint density at radius 1 is 1.53 bits per heavy atom. The van der Waals surface area contributed by atoms with Gasteiger partial charge in [0.05, 0.1) is 6.61 Å². The summed E-state index contributed by atoms with van der Waals surface area (Å²) in [5.74, 6) is -0.257. The Kier molecular flexibility index (Phi) is 3.31. The second kappa shape index (κ2) is 4.73. The van der Waals surface area contributed by atoms with Crippen molar-refractivity contribution in [1.82, 2.24) is 5.32 Å². The molecule has 0 spiro atoms. The van der Waals surface area contributed by atoms with Gasteiger partial charge in [0.2, 0.25) is 0 Å². The molecule has 0 aromatic heterocycles. The maximum atomic E-state index is 11.6. The Bertz CT molecular complexity index is 422. The van der Waals surface area contributed by atoms with Gasteiger partial charge >= 0.3 is 5.97 Å². The fourth-order valence-corrected chi connectivity index (χ4v) is 2.16. The molecule has 17 heavy (non-hydrogen) atoms. The number of rotatable bonds is 4. The number of nitrogens with two attached hydrogens (primary N) is 1. The Hall–Kier alpha value is -1.59. The monoisotopic (exact) mass is 236 g/mol. The van der Waals surface area contributed by atoms with Gasteiger partial charge in [-0.25, -0.2) is 4.79 Å². The molecule has 0 saturated heterocycles. The number of para-hydroxylation sites is 1. The molecule has 4 N–H and O–H groups in total. The molecule has 0 aliphatic carbocycles. The van der Waals surface area contributed by atoms with Crippen LogP contribution in [-0.2, 0) is 10.3 Å². The maximum Gasteiger partial charge on any atom is 0.328 e. The third kappa shape index (κ3) is 1.99. The summed E-state index contributed by atoms with van der Waals surface area (Å²) < 4.78 is 5.47. The van der Waals surface area contributed by atoms with E-state index in [1.54, 1.807) is 12.1 Å².